The maximum absolute atomic E-state index is 12.1. The van der Waals surface area contributed by atoms with Gasteiger partial charge in [0.15, 0.2) is 0 Å². The van der Waals surface area contributed by atoms with Crippen LogP contribution in [-0.4, -0.2) is 5.91 Å². The molecule has 0 radical (unpaired) electrons. The smallest absolute Gasteiger partial charge is 0.221 e. The SMILES string of the molecule is O=C1CC2(CCCc3occc32)C(c2ccccc2)N1. The van der Waals surface area contributed by atoms with E-state index in [1.54, 1.807) is 6.26 Å². The van der Waals surface area contributed by atoms with Gasteiger partial charge in [-0.2, -0.15) is 0 Å². The van der Waals surface area contributed by atoms with E-state index in [1.165, 1.54) is 11.1 Å². The zero-order valence-corrected chi connectivity index (χ0v) is 11.3. The monoisotopic (exact) mass is 267 g/mol. The molecule has 1 aliphatic heterocycles. The summed E-state index contributed by atoms with van der Waals surface area (Å²) in [7, 11) is 0. The number of benzene rings is 1. The Morgan fingerprint density at radius 3 is 2.90 bits per heavy atom. The van der Waals surface area contributed by atoms with Gasteiger partial charge in [-0.05, 0) is 24.5 Å². The molecule has 2 atom stereocenters. The van der Waals surface area contributed by atoms with Crippen molar-refractivity contribution >= 4 is 5.91 Å². The summed E-state index contributed by atoms with van der Waals surface area (Å²) in [6.45, 7) is 0. The second-order valence-corrected chi connectivity index (χ2v) is 5.86. The first kappa shape index (κ1) is 11.8. The van der Waals surface area contributed by atoms with Crippen molar-refractivity contribution in [3.8, 4) is 0 Å². The molecule has 1 saturated heterocycles. The molecule has 0 bridgehead atoms. The Labute approximate surface area is 118 Å². The van der Waals surface area contributed by atoms with Crippen LogP contribution in [0.4, 0.5) is 0 Å². The fourth-order valence-corrected chi connectivity index (χ4v) is 3.95. The molecule has 2 heterocycles. The van der Waals surface area contributed by atoms with Gasteiger partial charge in [-0.15, -0.1) is 0 Å². The lowest BCUT2D eigenvalue weighted by Crippen LogP contribution is -2.36. The Hall–Kier alpha value is -2.03. The first-order valence-corrected chi connectivity index (χ1v) is 7.21. The van der Waals surface area contributed by atoms with Crippen LogP contribution in [0.3, 0.4) is 0 Å². The Bertz CT molecular complexity index is 646. The van der Waals surface area contributed by atoms with Crippen LogP contribution in [0.2, 0.25) is 0 Å². The molecule has 2 aromatic rings. The third-order valence-corrected chi connectivity index (χ3v) is 4.78. The molecule has 1 N–H and O–H groups in total. The number of fused-ring (bicyclic) bond motifs is 2. The summed E-state index contributed by atoms with van der Waals surface area (Å²) < 4.78 is 5.62. The lowest BCUT2D eigenvalue weighted by molar-refractivity contribution is -0.119. The molecule has 0 saturated carbocycles. The van der Waals surface area contributed by atoms with E-state index in [9.17, 15) is 4.79 Å². The summed E-state index contributed by atoms with van der Waals surface area (Å²) in [5.74, 6) is 1.21. The Morgan fingerprint density at radius 1 is 1.20 bits per heavy atom. The fraction of sp³-hybridized carbons (Fsp3) is 0.353. The average Bonchev–Trinajstić information content (AvgIpc) is 3.06. The zero-order chi connectivity index (χ0) is 13.6. The predicted molar refractivity (Wildman–Crippen MR) is 75.3 cm³/mol. The number of aryl methyl sites for hydroxylation is 1. The molecule has 102 valence electrons. The van der Waals surface area contributed by atoms with Crippen LogP contribution in [0.25, 0.3) is 0 Å². The predicted octanol–water partition coefficient (Wildman–Crippen LogP) is 3.11. The van der Waals surface area contributed by atoms with E-state index >= 15 is 0 Å². The topological polar surface area (TPSA) is 42.2 Å². The first-order chi connectivity index (χ1) is 9.79. The lowest BCUT2D eigenvalue weighted by Gasteiger charge is -2.37. The molecule has 2 unspecified atom stereocenters. The summed E-state index contributed by atoms with van der Waals surface area (Å²) >= 11 is 0. The number of hydrogen-bond acceptors (Lipinski definition) is 2. The highest BCUT2D eigenvalue weighted by molar-refractivity contribution is 5.82. The van der Waals surface area contributed by atoms with Crippen LogP contribution < -0.4 is 5.32 Å². The van der Waals surface area contributed by atoms with Gasteiger partial charge in [0, 0.05) is 23.8 Å². The summed E-state index contributed by atoms with van der Waals surface area (Å²) in [5, 5.41) is 3.18. The van der Waals surface area contributed by atoms with Gasteiger partial charge in [0.05, 0.1) is 12.3 Å². The van der Waals surface area contributed by atoms with E-state index in [0.717, 1.165) is 25.0 Å². The number of nitrogens with one attached hydrogen (secondary N) is 1. The number of amides is 1. The zero-order valence-electron chi connectivity index (χ0n) is 11.3. The van der Waals surface area contributed by atoms with E-state index in [0.29, 0.717) is 6.42 Å². The average molecular weight is 267 g/mol. The second-order valence-electron chi connectivity index (χ2n) is 5.86. The largest absolute Gasteiger partial charge is 0.469 e. The molecular formula is C17H17NO2. The van der Waals surface area contributed by atoms with E-state index in [4.69, 9.17) is 4.42 Å². The lowest BCUT2D eigenvalue weighted by atomic mass is 9.66. The van der Waals surface area contributed by atoms with Gasteiger partial charge in [-0.25, -0.2) is 0 Å². The molecule has 4 rings (SSSR count). The van der Waals surface area contributed by atoms with E-state index < -0.39 is 0 Å². The first-order valence-electron chi connectivity index (χ1n) is 7.21. The van der Waals surface area contributed by atoms with Crippen LogP contribution >= 0.6 is 0 Å². The summed E-state index contributed by atoms with van der Waals surface area (Å²) in [6.07, 6.45) is 5.44. The highest BCUT2D eigenvalue weighted by Gasteiger charge is 2.51. The molecule has 1 aromatic heterocycles. The van der Waals surface area contributed by atoms with Gasteiger partial charge in [0.25, 0.3) is 0 Å². The minimum atomic E-state index is -0.126. The number of carbonyl (C=O) groups excluding carboxylic acids is 1. The summed E-state index contributed by atoms with van der Waals surface area (Å²) in [4.78, 5) is 12.1. The van der Waals surface area contributed by atoms with Crippen LogP contribution in [0, 0.1) is 0 Å². The Morgan fingerprint density at radius 2 is 2.05 bits per heavy atom. The van der Waals surface area contributed by atoms with E-state index in [1.807, 2.05) is 18.2 Å². The van der Waals surface area contributed by atoms with Crippen molar-refractivity contribution in [2.75, 3.05) is 0 Å². The Kier molecular flexibility index (Phi) is 2.49. The normalized spacial score (nSPS) is 28.4. The maximum Gasteiger partial charge on any atom is 0.221 e. The van der Waals surface area contributed by atoms with Crippen molar-refractivity contribution in [2.24, 2.45) is 0 Å². The Balaban J connectivity index is 1.86. The second kappa shape index (κ2) is 4.23. The number of rotatable bonds is 1. The molecule has 3 heteroatoms. The highest BCUT2D eigenvalue weighted by atomic mass is 16.3. The molecule has 1 aromatic carbocycles. The van der Waals surface area contributed by atoms with Crippen LogP contribution in [0.1, 0.15) is 42.2 Å². The number of furan rings is 1. The molecule has 1 fully saturated rings. The third kappa shape index (κ3) is 1.56. The molecule has 2 aliphatic rings. The minimum absolute atomic E-state index is 0.0628. The summed E-state index contributed by atoms with van der Waals surface area (Å²) in [5.41, 5.74) is 2.29. The van der Waals surface area contributed by atoms with Gasteiger partial charge in [0.1, 0.15) is 5.76 Å². The van der Waals surface area contributed by atoms with Gasteiger partial charge in [0.2, 0.25) is 5.91 Å². The maximum atomic E-state index is 12.1. The minimum Gasteiger partial charge on any atom is -0.469 e. The molecular weight excluding hydrogens is 250 g/mol. The fourth-order valence-electron chi connectivity index (χ4n) is 3.95. The van der Waals surface area contributed by atoms with E-state index in [2.05, 4.69) is 23.5 Å². The van der Waals surface area contributed by atoms with Crippen LogP contribution in [0.5, 0.6) is 0 Å². The quantitative estimate of drug-likeness (QED) is 0.862. The van der Waals surface area contributed by atoms with Crippen LogP contribution in [-0.2, 0) is 16.6 Å². The van der Waals surface area contributed by atoms with Crippen molar-refractivity contribution in [3.63, 3.8) is 0 Å². The van der Waals surface area contributed by atoms with Gasteiger partial charge < -0.3 is 9.73 Å². The van der Waals surface area contributed by atoms with Crippen molar-refractivity contribution in [1.29, 1.82) is 0 Å². The van der Waals surface area contributed by atoms with Crippen molar-refractivity contribution < 1.29 is 9.21 Å². The number of carbonyl (C=O) groups is 1. The molecule has 3 nitrogen and oxygen atoms in total. The molecule has 1 spiro atoms. The molecule has 1 aliphatic carbocycles. The molecule has 1 amide bonds. The van der Waals surface area contributed by atoms with Gasteiger partial charge in [-0.3, -0.25) is 4.79 Å². The van der Waals surface area contributed by atoms with Gasteiger partial charge >= 0.3 is 0 Å². The van der Waals surface area contributed by atoms with Crippen molar-refractivity contribution in [2.45, 2.75) is 37.1 Å². The highest BCUT2D eigenvalue weighted by Crippen LogP contribution is 2.51. The summed E-state index contributed by atoms with van der Waals surface area (Å²) in [6, 6.07) is 12.4. The van der Waals surface area contributed by atoms with Crippen molar-refractivity contribution in [1.82, 2.24) is 5.32 Å². The standard InChI is InChI=1S/C17H17NO2/c19-15-11-17(9-4-7-14-13(17)8-10-20-14)16(18-15)12-5-2-1-3-6-12/h1-3,5-6,8,10,16H,4,7,9,11H2,(H,18,19). The number of hydrogen-bond donors (Lipinski definition) is 1. The van der Waals surface area contributed by atoms with Gasteiger partial charge in [-0.1, -0.05) is 30.3 Å². The molecule has 20 heavy (non-hydrogen) atoms. The van der Waals surface area contributed by atoms with E-state index in [-0.39, 0.29) is 17.4 Å². The van der Waals surface area contributed by atoms with Crippen LogP contribution in [0.15, 0.2) is 47.1 Å². The third-order valence-electron chi connectivity index (χ3n) is 4.78. The van der Waals surface area contributed by atoms with Crippen molar-refractivity contribution in [3.05, 3.63) is 59.5 Å².